The Bertz CT molecular complexity index is 674. The predicted octanol–water partition coefficient (Wildman–Crippen LogP) is 3.26. The summed E-state index contributed by atoms with van der Waals surface area (Å²) in [5.74, 6) is -0.560. The highest BCUT2D eigenvalue weighted by molar-refractivity contribution is 8.02. The molecule has 1 aromatic carbocycles. The molecule has 0 saturated carbocycles. The number of amides is 1. The van der Waals surface area contributed by atoms with Gasteiger partial charge < -0.3 is 11.1 Å². The number of carbonyl (C=O) groups is 1. The molecule has 2 aromatic rings. The fourth-order valence-electron chi connectivity index (χ4n) is 1.55. The van der Waals surface area contributed by atoms with Crippen molar-refractivity contribution in [3.05, 3.63) is 29.8 Å². The first kappa shape index (κ1) is 16.6. The molecule has 0 fully saturated rings. The van der Waals surface area contributed by atoms with E-state index in [1.54, 1.807) is 6.92 Å². The van der Waals surface area contributed by atoms with Crippen molar-refractivity contribution < 1.29 is 18.0 Å². The molecule has 0 unspecified atom stereocenters. The number of carbonyl (C=O) groups excluding carboxylic acids is 1. The van der Waals surface area contributed by atoms with Crippen LogP contribution in [0.4, 0.5) is 24.0 Å². The number of halogens is 3. The van der Waals surface area contributed by atoms with E-state index < -0.39 is 22.9 Å². The van der Waals surface area contributed by atoms with Crippen molar-refractivity contribution in [2.45, 2.75) is 22.7 Å². The molecule has 0 aliphatic heterocycles. The van der Waals surface area contributed by atoms with E-state index in [1.807, 2.05) is 0 Å². The van der Waals surface area contributed by atoms with Crippen LogP contribution in [0.5, 0.6) is 0 Å². The molecule has 22 heavy (non-hydrogen) atoms. The monoisotopic (exact) mass is 348 g/mol. The molecule has 0 aliphatic carbocycles. The maximum Gasteiger partial charge on any atom is 0.418 e. The fourth-order valence-corrected chi connectivity index (χ4v) is 3.33. The molecule has 1 atom stereocenters. The van der Waals surface area contributed by atoms with Gasteiger partial charge in [-0.2, -0.15) is 13.2 Å². The number of nitrogen functional groups attached to an aromatic ring is 1. The number of thioether (sulfide) groups is 1. The summed E-state index contributed by atoms with van der Waals surface area (Å²) < 4.78 is 39.1. The number of hydrogen-bond acceptors (Lipinski definition) is 6. The molecule has 1 heterocycles. The zero-order valence-corrected chi connectivity index (χ0v) is 12.9. The van der Waals surface area contributed by atoms with Gasteiger partial charge in [-0.3, -0.25) is 4.79 Å². The quantitative estimate of drug-likeness (QED) is 0.829. The van der Waals surface area contributed by atoms with E-state index in [9.17, 15) is 18.0 Å². The molecule has 0 bridgehead atoms. The molecule has 118 valence electrons. The number of para-hydroxylation sites is 1. The first-order valence-corrected chi connectivity index (χ1v) is 7.69. The molecule has 1 amide bonds. The molecule has 0 radical (unpaired) electrons. The van der Waals surface area contributed by atoms with Gasteiger partial charge in [0.2, 0.25) is 11.0 Å². The van der Waals surface area contributed by atoms with E-state index >= 15 is 0 Å². The second-order valence-electron chi connectivity index (χ2n) is 4.20. The lowest BCUT2D eigenvalue weighted by Gasteiger charge is -2.15. The molecule has 1 aromatic heterocycles. The smallest absolute Gasteiger partial charge is 0.374 e. The lowest BCUT2D eigenvalue weighted by Crippen LogP contribution is -2.24. The van der Waals surface area contributed by atoms with Crippen LogP contribution >= 0.6 is 23.1 Å². The number of alkyl halides is 3. The van der Waals surface area contributed by atoms with E-state index in [2.05, 4.69) is 15.5 Å². The van der Waals surface area contributed by atoms with Gasteiger partial charge in [-0.05, 0) is 19.1 Å². The largest absolute Gasteiger partial charge is 0.418 e. The minimum Gasteiger partial charge on any atom is -0.374 e. The summed E-state index contributed by atoms with van der Waals surface area (Å²) in [7, 11) is 0. The summed E-state index contributed by atoms with van der Waals surface area (Å²) in [6.07, 6.45) is -4.53. The first-order chi connectivity index (χ1) is 10.3. The van der Waals surface area contributed by atoms with E-state index in [1.165, 1.54) is 18.2 Å². The Hall–Kier alpha value is -1.81. The van der Waals surface area contributed by atoms with E-state index in [0.29, 0.717) is 4.34 Å². The second-order valence-corrected chi connectivity index (χ2v) is 6.80. The number of rotatable bonds is 4. The van der Waals surface area contributed by atoms with Gasteiger partial charge in [-0.1, -0.05) is 35.2 Å². The van der Waals surface area contributed by atoms with Crippen LogP contribution in [0.3, 0.4) is 0 Å². The number of benzene rings is 1. The normalized spacial score (nSPS) is 12.9. The van der Waals surface area contributed by atoms with Crippen molar-refractivity contribution in [1.82, 2.24) is 10.2 Å². The fraction of sp³-hybridized carbons (Fsp3) is 0.250. The highest BCUT2D eigenvalue weighted by Gasteiger charge is 2.33. The standard InChI is InChI=1S/C12H11F3N4OS2/c1-6(21-11-19-18-10(16)22-11)9(20)17-8-5-3-2-4-7(8)12(13,14)15/h2-6H,1H3,(H2,16,18)(H,17,20)/t6-/m0/s1. The number of nitrogens with two attached hydrogens (primary N) is 1. The molecule has 0 saturated heterocycles. The molecular weight excluding hydrogens is 337 g/mol. The number of aromatic nitrogens is 2. The Morgan fingerprint density at radius 3 is 2.64 bits per heavy atom. The van der Waals surface area contributed by atoms with E-state index in [4.69, 9.17) is 5.73 Å². The Morgan fingerprint density at radius 2 is 2.05 bits per heavy atom. The third-order valence-corrected chi connectivity index (χ3v) is 4.50. The Morgan fingerprint density at radius 1 is 1.36 bits per heavy atom. The van der Waals surface area contributed by atoms with Crippen molar-refractivity contribution in [3.8, 4) is 0 Å². The van der Waals surface area contributed by atoms with Crippen LogP contribution in [0, 0.1) is 0 Å². The van der Waals surface area contributed by atoms with Crippen molar-refractivity contribution >= 4 is 39.8 Å². The van der Waals surface area contributed by atoms with Crippen molar-refractivity contribution in [2.24, 2.45) is 0 Å². The predicted molar refractivity (Wildman–Crippen MR) is 79.7 cm³/mol. The maximum absolute atomic E-state index is 12.9. The second kappa shape index (κ2) is 6.53. The summed E-state index contributed by atoms with van der Waals surface area (Å²) in [4.78, 5) is 12.0. The van der Waals surface area contributed by atoms with Crippen LogP contribution in [-0.2, 0) is 11.0 Å². The van der Waals surface area contributed by atoms with Gasteiger partial charge >= 0.3 is 6.18 Å². The summed E-state index contributed by atoms with van der Waals surface area (Å²) >= 11 is 2.18. The topological polar surface area (TPSA) is 80.9 Å². The van der Waals surface area contributed by atoms with Gasteiger partial charge in [0.05, 0.1) is 16.5 Å². The average molecular weight is 348 g/mol. The van der Waals surface area contributed by atoms with Crippen molar-refractivity contribution in [3.63, 3.8) is 0 Å². The maximum atomic E-state index is 12.9. The molecule has 3 N–H and O–H groups in total. The number of anilines is 2. The molecular formula is C12H11F3N4OS2. The average Bonchev–Trinajstić information content (AvgIpc) is 2.83. The Balaban J connectivity index is 2.09. The van der Waals surface area contributed by atoms with Gasteiger partial charge in [-0.15, -0.1) is 10.2 Å². The summed E-state index contributed by atoms with van der Waals surface area (Å²) in [5, 5.41) is 9.26. The van der Waals surface area contributed by atoms with Crippen LogP contribution in [0.25, 0.3) is 0 Å². The van der Waals surface area contributed by atoms with E-state index in [0.717, 1.165) is 29.2 Å². The van der Waals surface area contributed by atoms with Crippen LogP contribution < -0.4 is 11.1 Å². The summed E-state index contributed by atoms with van der Waals surface area (Å²) in [6.45, 7) is 1.56. The van der Waals surface area contributed by atoms with Crippen molar-refractivity contribution in [1.29, 1.82) is 0 Å². The van der Waals surface area contributed by atoms with Crippen LogP contribution in [0.15, 0.2) is 28.6 Å². The zero-order chi connectivity index (χ0) is 16.3. The Kier molecular flexibility index (Phi) is 4.91. The van der Waals surface area contributed by atoms with E-state index in [-0.39, 0.29) is 10.8 Å². The third-order valence-electron chi connectivity index (χ3n) is 2.56. The van der Waals surface area contributed by atoms with Gasteiger partial charge in [0, 0.05) is 0 Å². The molecule has 10 heteroatoms. The lowest BCUT2D eigenvalue weighted by molar-refractivity contribution is -0.137. The van der Waals surface area contributed by atoms with Crippen LogP contribution in [0.1, 0.15) is 12.5 Å². The highest BCUT2D eigenvalue weighted by Crippen LogP contribution is 2.35. The summed E-state index contributed by atoms with van der Waals surface area (Å²) in [5.41, 5.74) is 4.27. The van der Waals surface area contributed by atoms with Crippen LogP contribution in [0.2, 0.25) is 0 Å². The lowest BCUT2D eigenvalue weighted by atomic mass is 10.1. The molecule has 2 rings (SSSR count). The van der Waals surface area contributed by atoms with Gasteiger partial charge in [0.15, 0.2) is 4.34 Å². The molecule has 5 nitrogen and oxygen atoms in total. The first-order valence-electron chi connectivity index (χ1n) is 6.00. The number of nitrogens with one attached hydrogen (secondary N) is 1. The third kappa shape index (κ3) is 4.10. The zero-order valence-electron chi connectivity index (χ0n) is 11.2. The van der Waals surface area contributed by atoms with Gasteiger partial charge in [0.1, 0.15) is 0 Å². The summed E-state index contributed by atoms with van der Waals surface area (Å²) in [6, 6.07) is 4.81. The van der Waals surface area contributed by atoms with Gasteiger partial charge in [0.25, 0.3) is 0 Å². The Labute approximate surface area is 132 Å². The minimum absolute atomic E-state index is 0.262. The molecule has 0 aliphatic rings. The van der Waals surface area contributed by atoms with Crippen LogP contribution in [-0.4, -0.2) is 21.4 Å². The van der Waals surface area contributed by atoms with Crippen molar-refractivity contribution in [2.75, 3.05) is 11.1 Å². The number of hydrogen-bond donors (Lipinski definition) is 2. The highest BCUT2D eigenvalue weighted by atomic mass is 32.2. The number of nitrogens with zero attached hydrogens (tertiary/aromatic N) is 2. The minimum atomic E-state index is -4.53. The van der Waals surface area contributed by atoms with Gasteiger partial charge in [-0.25, -0.2) is 0 Å². The molecule has 0 spiro atoms. The SMILES string of the molecule is C[C@H](Sc1nnc(N)s1)C(=O)Nc1ccccc1C(F)(F)F.